The quantitative estimate of drug-likeness (QED) is 0.384. The van der Waals surface area contributed by atoms with Crippen molar-refractivity contribution in [3.05, 3.63) is 0 Å². The Morgan fingerprint density at radius 1 is 0.727 bits per heavy atom. The van der Waals surface area contributed by atoms with Crippen LogP contribution in [0.5, 0.6) is 0 Å². The Balaban J connectivity index is 4.24. The summed E-state index contributed by atoms with van der Waals surface area (Å²) in [6, 6.07) is 0.911. The van der Waals surface area contributed by atoms with Crippen molar-refractivity contribution in [1.82, 2.24) is 4.23 Å². The minimum atomic E-state index is -2.02. The Morgan fingerprint density at radius 3 is 1.55 bits per heavy atom. The van der Waals surface area contributed by atoms with Crippen LogP contribution < -0.4 is 0 Å². The zero-order valence-corrected chi connectivity index (χ0v) is 19.4. The van der Waals surface area contributed by atoms with E-state index in [2.05, 4.69) is 50.1 Å². The van der Waals surface area contributed by atoms with Gasteiger partial charge in [-0.05, 0) is 20.4 Å². The summed E-state index contributed by atoms with van der Waals surface area (Å²) in [4.78, 5) is 0. The molecule has 0 bridgehead atoms. The van der Waals surface area contributed by atoms with E-state index in [1.807, 2.05) is 13.8 Å². The van der Waals surface area contributed by atoms with Gasteiger partial charge in [0, 0.05) is 32.4 Å². The highest BCUT2D eigenvalue weighted by atomic mass is 28.4. The van der Waals surface area contributed by atoms with Crippen LogP contribution in [0.3, 0.4) is 0 Å². The molecule has 7 heteroatoms. The lowest BCUT2D eigenvalue weighted by molar-refractivity contribution is 0.125. The Hall–Kier alpha value is 0.491. The van der Waals surface area contributed by atoms with Gasteiger partial charge in [0.15, 0.2) is 0 Å². The van der Waals surface area contributed by atoms with Gasteiger partial charge in [0.2, 0.25) is 0 Å². The summed E-state index contributed by atoms with van der Waals surface area (Å²) >= 11 is 0. The molecule has 0 rings (SSSR count). The molecule has 0 fully saturated rings. The van der Waals surface area contributed by atoms with Crippen molar-refractivity contribution >= 4 is 25.0 Å². The third kappa shape index (κ3) is 8.95. The molecule has 0 aromatic rings. The first kappa shape index (κ1) is 22.5. The van der Waals surface area contributed by atoms with Crippen LogP contribution in [0, 0.1) is 0 Å². The highest BCUT2D eigenvalue weighted by Gasteiger charge is 2.34. The molecule has 0 aliphatic carbocycles. The van der Waals surface area contributed by atoms with Gasteiger partial charge in [0.1, 0.15) is 16.5 Å². The van der Waals surface area contributed by atoms with Crippen LogP contribution in [0.4, 0.5) is 0 Å². The monoisotopic (exact) mass is 365 g/mol. The Bertz CT molecular complexity index is 283. The Kier molecular flexibility index (Phi) is 9.92. The van der Waals surface area contributed by atoms with E-state index < -0.39 is 25.0 Å². The first-order chi connectivity index (χ1) is 9.96. The maximum atomic E-state index is 5.92. The molecular weight excluding hydrogens is 326 g/mol. The van der Waals surface area contributed by atoms with Gasteiger partial charge in [-0.1, -0.05) is 39.3 Å². The van der Waals surface area contributed by atoms with E-state index in [0.29, 0.717) is 0 Å². The van der Waals surface area contributed by atoms with Crippen molar-refractivity contribution in [2.45, 2.75) is 65.7 Å². The second-order valence-electron chi connectivity index (χ2n) is 7.86. The number of ether oxygens (including phenoxy) is 1. The molecule has 0 radical (unpaired) electrons. The molecule has 0 heterocycles. The van der Waals surface area contributed by atoms with Crippen molar-refractivity contribution in [3.8, 4) is 0 Å². The number of rotatable bonds is 12. The van der Waals surface area contributed by atoms with Crippen LogP contribution in [0.15, 0.2) is 0 Å². The van der Waals surface area contributed by atoms with E-state index in [-0.39, 0.29) is 0 Å². The summed E-state index contributed by atoms with van der Waals surface area (Å²) < 4.78 is 20.4. The van der Waals surface area contributed by atoms with E-state index in [0.717, 1.165) is 39.0 Å². The lowest BCUT2D eigenvalue weighted by Gasteiger charge is -2.43. The predicted molar refractivity (Wildman–Crippen MR) is 104 cm³/mol. The second kappa shape index (κ2) is 9.71. The van der Waals surface area contributed by atoms with E-state index in [9.17, 15) is 0 Å². The molecule has 0 unspecified atom stereocenters. The summed E-state index contributed by atoms with van der Waals surface area (Å²) in [6.07, 6.45) is 0. The molecule has 0 amide bonds. The SMILES string of the molecule is CCO[Si](C)(CCOCCN([Si](C)(C)C)[Si](C)(C)C)OCC. The molecule has 0 atom stereocenters. The predicted octanol–water partition coefficient (Wildman–Crippen LogP) is 4.12. The average molecular weight is 366 g/mol. The number of nitrogens with zero attached hydrogens (tertiary/aromatic N) is 1. The van der Waals surface area contributed by atoms with Crippen LogP contribution in [-0.4, -0.2) is 62.2 Å². The summed E-state index contributed by atoms with van der Waals surface area (Å²) in [5.74, 6) is 0. The van der Waals surface area contributed by atoms with Crippen molar-refractivity contribution in [3.63, 3.8) is 0 Å². The molecule has 0 aromatic carbocycles. The third-order valence-corrected chi connectivity index (χ3v) is 14.3. The van der Waals surface area contributed by atoms with Gasteiger partial charge < -0.3 is 17.8 Å². The van der Waals surface area contributed by atoms with E-state index in [4.69, 9.17) is 13.6 Å². The second-order valence-corrected chi connectivity index (χ2v) is 21.4. The van der Waals surface area contributed by atoms with E-state index >= 15 is 0 Å². The lowest BCUT2D eigenvalue weighted by atomic mass is 10.7. The maximum absolute atomic E-state index is 5.92. The van der Waals surface area contributed by atoms with Gasteiger partial charge in [-0.15, -0.1) is 0 Å². The highest BCUT2D eigenvalue weighted by Crippen LogP contribution is 2.19. The summed E-state index contributed by atoms with van der Waals surface area (Å²) in [5, 5.41) is 0. The van der Waals surface area contributed by atoms with E-state index in [1.165, 1.54) is 0 Å². The van der Waals surface area contributed by atoms with Crippen molar-refractivity contribution < 1.29 is 13.6 Å². The zero-order chi connectivity index (χ0) is 17.4. The molecule has 22 heavy (non-hydrogen) atoms. The first-order valence-corrected chi connectivity index (χ1v) is 18.0. The maximum Gasteiger partial charge on any atom is 0.337 e. The molecule has 0 aromatic heterocycles. The average Bonchev–Trinajstić information content (AvgIpc) is 2.30. The molecular formula is C15H39NO3Si3. The van der Waals surface area contributed by atoms with Crippen LogP contribution >= 0.6 is 0 Å². The van der Waals surface area contributed by atoms with Crippen LogP contribution in [0.1, 0.15) is 13.8 Å². The van der Waals surface area contributed by atoms with Gasteiger partial charge in [0.05, 0.1) is 6.61 Å². The van der Waals surface area contributed by atoms with Crippen molar-refractivity contribution in [2.75, 3.05) is 33.0 Å². The van der Waals surface area contributed by atoms with Gasteiger partial charge in [0.25, 0.3) is 0 Å². The fraction of sp³-hybridized carbons (Fsp3) is 1.00. The van der Waals surface area contributed by atoms with Crippen LogP contribution in [0.2, 0.25) is 51.9 Å². The van der Waals surface area contributed by atoms with Gasteiger partial charge in [-0.25, -0.2) is 0 Å². The van der Waals surface area contributed by atoms with Crippen LogP contribution in [-0.2, 0) is 13.6 Å². The summed E-state index contributed by atoms with van der Waals surface area (Å²) in [6.45, 7) is 24.9. The minimum Gasteiger partial charge on any atom is -0.395 e. The van der Waals surface area contributed by atoms with Gasteiger partial charge >= 0.3 is 8.56 Å². The van der Waals surface area contributed by atoms with Crippen molar-refractivity contribution in [2.24, 2.45) is 0 Å². The van der Waals surface area contributed by atoms with E-state index in [1.54, 1.807) is 0 Å². The van der Waals surface area contributed by atoms with Gasteiger partial charge in [-0.3, -0.25) is 0 Å². The van der Waals surface area contributed by atoms with Crippen LogP contribution in [0.25, 0.3) is 0 Å². The van der Waals surface area contributed by atoms with Gasteiger partial charge in [-0.2, -0.15) is 0 Å². The normalized spacial score (nSPS) is 13.9. The van der Waals surface area contributed by atoms with Crippen molar-refractivity contribution in [1.29, 1.82) is 0 Å². The molecule has 0 aliphatic rings. The fourth-order valence-electron chi connectivity index (χ4n) is 2.99. The molecule has 0 spiro atoms. The number of hydrogen-bond donors (Lipinski definition) is 0. The summed E-state index contributed by atoms with van der Waals surface area (Å²) in [5.41, 5.74) is 0. The fourth-order valence-corrected chi connectivity index (χ4v) is 14.7. The Labute approximate surface area is 141 Å². The minimum absolute atomic E-state index is 0.724. The molecule has 134 valence electrons. The zero-order valence-electron chi connectivity index (χ0n) is 16.4. The lowest BCUT2D eigenvalue weighted by Crippen LogP contribution is -2.60. The summed E-state index contributed by atoms with van der Waals surface area (Å²) in [7, 11) is -4.56. The highest BCUT2D eigenvalue weighted by molar-refractivity contribution is 6.89. The standard InChI is InChI=1S/C15H39NO3Si3/c1-10-18-22(9,19-11-2)15-14-17-13-12-16(20(3,4)5)21(6,7)8/h10-15H2,1-9H3. The molecule has 0 saturated heterocycles. The Morgan fingerprint density at radius 2 is 1.18 bits per heavy atom. The first-order valence-electron chi connectivity index (χ1n) is 8.59. The topological polar surface area (TPSA) is 30.9 Å². The largest absolute Gasteiger partial charge is 0.395 e. The smallest absolute Gasteiger partial charge is 0.337 e. The third-order valence-electron chi connectivity index (χ3n) is 3.68. The molecule has 0 saturated carbocycles. The molecule has 0 N–H and O–H groups in total. The molecule has 0 aliphatic heterocycles. The number of hydrogen-bond acceptors (Lipinski definition) is 4. The molecule has 4 nitrogen and oxygen atoms in total.